The lowest BCUT2D eigenvalue weighted by molar-refractivity contribution is -0.133. The van der Waals surface area contributed by atoms with Crippen molar-refractivity contribution in [3.8, 4) is 0 Å². The van der Waals surface area contributed by atoms with Crippen LogP contribution in [0.25, 0.3) is 0 Å². The highest BCUT2D eigenvalue weighted by Crippen LogP contribution is 2.10. The molecule has 1 atom stereocenters. The smallest absolute Gasteiger partial charge is 0.225 e. The zero-order chi connectivity index (χ0) is 11.3. The van der Waals surface area contributed by atoms with Crippen molar-refractivity contribution < 1.29 is 4.79 Å². The molecule has 0 aliphatic heterocycles. The molecule has 0 heterocycles. The van der Waals surface area contributed by atoms with Crippen LogP contribution < -0.4 is 0 Å². The zero-order valence-electron chi connectivity index (χ0n) is 9.73. The van der Waals surface area contributed by atoms with Crippen LogP contribution in [0, 0.1) is 5.92 Å². The molecule has 1 aromatic carbocycles. The minimum atomic E-state index is 0.0670. The van der Waals surface area contributed by atoms with Crippen LogP contribution in [-0.4, -0.2) is 24.4 Å². The van der Waals surface area contributed by atoms with E-state index in [1.807, 2.05) is 39.1 Å². The molecular formula is C13H19NO. The van der Waals surface area contributed by atoms with Crippen LogP contribution in [0.1, 0.15) is 19.4 Å². The average molecular weight is 205 g/mol. The number of hydrogen-bond acceptors (Lipinski definition) is 1. The van der Waals surface area contributed by atoms with Gasteiger partial charge in [0.05, 0.1) is 0 Å². The van der Waals surface area contributed by atoms with Crippen molar-refractivity contribution >= 4 is 5.91 Å². The molecule has 2 nitrogen and oxygen atoms in total. The molecule has 0 aromatic heterocycles. The van der Waals surface area contributed by atoms with Gasteiger partial charge in [-0.25, -0.2) is 0 Å². The van der Waals surface area contributed by atoms with Gasteiger partial charge in [0.2, 0.25) is 5.91 Å². The predicted molar refractivity (Wildman–Crippen MR) is 62.6 cm³/mol. The number of benzene rings is 1. The van der Waals surface area contributed by atoms with Crippen molar-refractivity contribution in [2.75, 3.05) is 13.6 Å². The fourth-order valence-electron chi connectivity index (χ4n) is 1.59. The SMILES string of the molecule is CCN(C)C(=O)C(C)Cc1ccccc1. The number of nitrogens with zero attached hydrogens (tertiary/aromatic N) is 1. The molecule has 15 heavy (non-hydrogen) atoms. The van der Waals surface area contributed by atoms with Crippen molar-refractivity contribution in [1.29, 1.82) is 0 Å². The zero-order valence-corrected chi connectivity index (χ0v) is 9.73. The maximum absolute atomic E-state index is 11.8. The second-order valence-corrected chi connectivity index (χ2v) is 3.94. The summed E-state index contributed by atoms with van der Waals surface area (Å²) in [5.74, 6) is 0.290. The van der Waals surface area contributed by atoms with Gasteiger partial charge in [-0.15, -0.1) is 0 Å². The fourth-order valence-corrected chi connectivity index (χ4v) is 1.59. The summed E-state index contributed by atoms with van der Waals surface area (Å²) in [6, 6.07) is 10.1. The van der Waals surface area contributed by atoms with Gasteiger partial charge in [-0.1, -0.05) is 37.3 Å². The van der Waals surface area contributed by atoms with E-state index in [0.29, 0.717) is 0 Å². The van der Waals surface area contributed by atoms with Crippen molar-refractivity contribution in [3.05, 3.63) is 35.9 Å². The molecule has 1 rings (SSSR count). The average Bonchev–Trinajstić information content (AvgIpc) is 2.28. The number of amides is 1. The Hall–Kier alpha value is -1.31. The first-order valence-corrected chi connectivity index (χ1v) is 5.44. The van der Waals surface area contributed by atoms with E-state index in [4.69, 9.17) is 0 Å². The Morgan fingerprint density at radius 3 is 2.47 bits per heavy atom. The normalized spacial score (nSPS) is 12.2. The second kappa shape index (κ2) is 5.54. The quantitative estimate of drug-likeness (QED) is 0.739. The predicted octanol–water partition coefficient (Wildman–Crippen LogP) is 2.34. The van der Waals surface area contributed by atoms with E-state index in [0.717, 1.165) is 13.0 Å². The summed E-state index contributed by atoms with van der Waals surface area (Å²) in [5, 5.41) is 0. The molecule has 1 amide bonds. The summed E-state index contributed by atoms with van der Waals surface area (Å²) in [6.07, 6.45) is 0.823. The van der Waals surface area contributed by atoms with Gasteiger partial charge in [0.15, 0.2) is 0 Å². The molecule has 82 valence electrons. The van der Waals surface area contributed by atoms with Gasteiger partial charge in [-0.3, -0.25) is 4.79 Å². The first kappa shape index (κ1) is 11.8. The summed E-state index contributed by atoms with van der Waals surface area (Å²) in [6.45, 7) is 4.76. The molecule has 0 saturated heterocycles. The van der Waals surface area contributed by atoms with E-state index in [1.165, 1.54) is 5.56 Å². The van der Waals surface area contributed by atoms with Crippen molar-refractivity contribution in [2.24, 2.45) is 5.92 Å². The maximum atomic E-state index is 11.8. The summed E-state index contributed by atoms with van der Waals surface area (Å²) in [5.41, 5.74) is 1.22. The van der Waals surface area contributed by atoms with Crippen LogP contribution in [0.2, 0.25) is 0 Å². The minimum absolute atomic E-state index is 0.0670. The molecule has 2 heteroatoms. The van der Waals surface area contributed by atoms with Gasteiger partial charge in [-0.2, -0.15) is 0 Å². The van der Waals surface area contributed by atoms with Gasteiger partial charge < -0.3 is 4.90 Å². The van der Waals surface area contributed by atoms with E-state index in [-0.39, 0.29) is 11.8 Å². The van der Waals surface area contributed by atoms with Gasteiger partial charge in [0.1, 0.15) is 0 Å². The van der Waals surface area contributed by atoms with E-state index >= 15 is 0 Å². The van der Waals surface area contributed by atoms with Gasteiger partial charge in [0.25, 0.3) is 0 Å². The third-order valence-electron chi connectivity index (χ3n) is 2.66. The standard InChI is InChI=1S/C13H19NO/c1-4-14(3)13(15)11(2)10-12-8-6-5-7-9-12/h5-9,11H,4,10H2,1-3H3. The Kier molecular flexibility index (Phi) is 4.35. The summed E-state index contributed by atoms with van der Waals surface area (Å²) >= 11 is 0. The van der Waals surface area contributed by atoms with Crippen molar-refractivity contribution in [2.45, 2.75) is 20.3 Å². The van der Waals surface area contributed by atoms with E-state index in [1.54, 1.807) is 4.90 Å². The lowest BCUT2D eigenvalue weighted by atomic mass is 10.00. The summed E-state index contributed by atoms with van der Waals surface area (Å²) in [7, 11) is 1.85. The van der Waals surface area contributed by atoms with Crippen molar-refractivity contribution in [1.82, 2.24) is 4.90 Å². The van der Waals surface area contributed by atoms with E-state index in [2.05, 4.69) is 12.1 Å². The molecule has 0 N–H and O–H groups in total. The molecular weight excluding hydrogens is 186 g/mol. The molecule has 0 saturated carbocycles. The Labute approximate surface area is 91.9 Å². The highest BCUT2D eigenvalue weighted by molar-refractivity contribution is 5.78. The molecule has 0 bridgehead atoms. The van der Waals surface area contributed by atoms with Gasteiger partial charge in [0, 0.05) is 19.5 Å². The number of rotatable bonds is 4. The van der Waals surface area contributed by atoms with Crippen molar-refractivity contribution in [3.63, 3.8) is 0 Å². The third kappa shape index (κ3) is 3.39. The van der Waals surface area contributed by atoms with Crippen LogP contribution in [-0.2, 0) is 11.2 Å². The first-order chi connectivity index (χ1) is 7.15. The Morgan fingerprint density at radius 2 is 1.93 bits per heavy atom. The first-order valence-electron chi connectivity index (χ1n) is 5.44. The molecule has 1 unspecified atom stereocenters. The highest BCUT2D eigenvalue weighted by Gasteiger charge is 2.16. The largest absolute Gasteiger partial charge is 0.346 e. The molecule has 0 fully saturated rings. The van der Waals surface area contributed by atoms with Crippen LogP contribution in [0.5, 0.6) is 0 Å². The second-order valence-electron chi connectivity index (χ2n) is 3.94. The van der Waals surface area contributed by atoms with Crippen LogP contribution in [0.3, 0.4) is 0 Å². The minimum Gasteiger partial charge on any atom is -0.346 e. The Balaban J connectivity index is 2.56. The summed E-state index contributed by atoms with van der Waals surface area (Å²) < 4.78 is 0. The Bertz CT molecular complexity index is 308. The molecule has 1 aromatic rings. The highest BCUT2D eigenvalue weighted by atomic mass is 16.2. The van der Waals surface area contributed by atoms with E-state index < -0.39 is 0 Å². The maximum Gasteiger partial charge on any atom is 0.225 e. The number of carbonyl (C=O) groups is 1. The lowest BCUT2D eigenvalue weighted by Crippen LogP contribution is -2.32. The van der Waals surface area contributed by atoms with E-state index in [9.17, 15) is 4.79 Å². The molecule has 0 spiro atoms. The Morgan fingerprint density at radius 1 is 1.33 bits per heavy atom. The molecule has 0 aliphatic rings. The third-order valence-corrected chi connectivity index (χ3v) is 2.66. The number of hydrogen-bond donors (Lipinski definition) is 0. The van der Waals surface area contributed by atoms with Gasteiger partial charge >= 0.3 is 0 Å². The fraction of sp³-hybridized carbons (Fsp3) is 0.462. The van der Waals surface area contributed by atoms with Gasteiger partial charge in [-0.05, 0) is 18.9 Å². The molecule has 0 aliphatic carbocycles. The lowest BCUT2D eigenvalue weighted by Gasteiger charge is -2.19. The van der Waals surface area contributed by atoms with Crippen LogP contribution in [0.4, 0.5) is 0 Å². The number of carbonyl (C=O) groups excluding carboxylic acids is 1. The summed E-state index contributed by atoms with van der Waals surface area (Å²) in [4.78, 5) is 13.6. The monoisotopic (exact) mass is 205 g/mol. The topological polar surface area (TPSA) is 20.3 Å². The van der Waals surface area contributed by atoms with Crippen LogP contribution >= 0.6 is 0 Å². The van der Waals surface area contributed by atoms with Crippen LogP contribution in [0.15, 0.2) is 30.3 Å². The molecule has 0 radical (unpaired) electrons.